The Morgan fingerprint density at radius 3 is 2.52 bits per heavy atom. The van der Waals surface area contributed by atoms with Crippen molar-refractivity contribution in [2.45, 2.75) is 47.5 Å². The van der Waals surface area contributed by atoms with E-state index in [2.05, 4.69) is 94.3 Å². The zero-order valence-corrected chi connectivity index (χ0v) is 16.6. The zero-order chi connectivity index (χ0) is 18.7. The third-order valence-corrected chi connectivity index (χ3v) is 3.94. The average molecular weight is 339 g/mol. The molecule has 0 aliphatic heterocycles. The van der Waals surface area contributed by atoms with Gasteiger partial charge in [-0.1, -0.05) is 55.5 Å². The van der Waals surface area contributed by atoms with Gasteiger partial charge in [0.2, 0.25) is 0 Å². The molecule has 2 heteroatoms. The first-order valence-electron chi connectivity index (χ1n) is 9.20. The summed E-state index contributed by atoms with van der Waals surface area (Å²) < 4.78 is 0. The molecule has 136 valence electrons. The number of aryl methyl sites for hydroxylation is 1. The molecule has 0 aliphatic rings. The number of nitrogens with one attached hydrogen (secondary N) is 2. The summed E-state index contributed by atoms with van der Waals surface area (Å²) in [6.45, 7) is 16.7. The van der Waals surface area contributed by atoms with Crippen molar-refractivity contribution >= 4 is 11.8 Å². The van der Waals surface area contributed by atoms with Crippen LogP contribution >= 0.6 is 0 Å². The van der Waals surface area contributed by atoms with E-state index >= 15 is 0 Å². The first kappa shape index (κ1) is 20.8. The zero-order valence-electron chi connectivity index (χ0n) is 16.6. The van der Waals surface area contributed by atoms with Gasteiger partial charge in [-0.25, -0.2) is 0 Å². The monoisotopic (exact) mass is 338 g/mol. The Hall–Kier alpha value is -2.22. The number of rotatable bonds is 10. The maximum Gasteiger partial charge on any atom is 0.0340 e. The van der Waals surface area contributed by atoms with Crippen LogP contribution < -0.4 is 10.6 Å². The van der Waals surface area contributed by atoms with Crippen molar-refractivity contribution in [2.24, 2.45) is 0 Å². The SMILES string of the molecule is C=C(NCCCN/C(C)=C\CC)c1ccc(C)c(/C=C/C=C(C)C)c1. The summed E-state index contributed by atoms with van der Waals surface area (Å²) in [5.41, 5.74) is 7.20. The highest BCUT2D eigenvalue weighted by atomic mass is 14.9. The topological polar surface area (TPSA) is 24.1 Å². The van der Waals surface area contributed by atoms with Gasteiger partial charge in [-0.2, -0.15) is 0 Å². The average Bonchev–Trinajstić information content (AvgIpc) is 2.56. The van der Waals surface area contributed by atoms with Gasteiger partial charge < -0.3 is 10.6 Å². The van der Waals surface area contributed by atoms with Gasteiger partial charge in [0.15, 0.2) is 0 Å². The van der Waals surface area contributed by atoms with Crippen LogP contribution in [-0.4, -0.2) is 13.1 Å². The van der Waals surface area contributed by atoms with Crippen LogP contribution in [-0.2, 0) is 0 Å². The van der Waals surface area contributed by atoms with E-state index < -0.39 is 0 Å². The molecule has 0 atom stereocenters. The van der Waals surface area contributed by atoms with E-state index in [-0.39, 0.29) is 0 Å². The Balaban J connectivity index is 2.54. The Morgan fingerprint density at radius 2 is 1.84 bits per heavy atom. The molecule has 0 radical (unpaired) electrons. The van der Waals surface area contributed by atoms with Crippen LogP contribution in [0.25, 0.3) is 11.8 Å². The lowest BCUT2D eigenvalue weighted by molar-refractivity contribution is 0.696. The normalized spacial score (nSPS) is 11.5. The van der Waals surface area contributed by atoms with Crippen molar-refractivity contribution in [2.75, 3.05) is 13.1 Å². The van der Waals surface area contributed by atoms with Crippen molar-refractivity contribution in [1.82, 2.24) is 10.6 Å². The molecule has 0 spiro atoms. The second-order valence-electron chi connectivity index (χ2n) is 6.66. The van der Waals surface area contributed by atoms with Crippen molar-refractivity contribution in [3.63, 3.8) is 0 Å². The molecule has 0 heterocycles. The standard InChI is InChI=1S/C23H34N2/c1-7-10-20(5)24-15-9-16-25-21(6)23-14-13-19(4)22(17-23)12-8-11-18(2)3/h8,10-14,17,24-25H,6-7,9,15-16H2,1-5H3/b12-8+,20-10-. The van der Waals surface area contributed by atoms with E-state index in [0.29, 0.717) is 0 Å². The lowest BCUT2D eigenvalue weighted by atomic mass is 10.0. The first-order valence-corrected chi connectivity index (χ1v) is 9.20. The maximum atomic E-state index is 4.19. The second-order valence-corrected chi connectivity index (χ2v) is 6.66. The fourth-order valence-corrected chi connectivity index (χ4v) is 2.45. The molecule has 2 N–H and O–H groups in total. The van der Waals surface area contributed by atoms with Crippen LogP contribution in [0.4, 0.5) is 0 Å². The van der Waals surface area contributed by atoms with Crippen molar-refractivity contribution in [3.05, 3.63) is 71.0 Å². The second kappa shape index (κ2) is 11.4. The molecule has 0 aliphatic carbocycles. The first-order chi connectivity index (χ1) is 11.9. The smallest absolute Gasteiger partial charge is 0.0340 e. The fourth-order valence-electron chi connectivity index (χ4n) is 2.45. The van der Waals surface area contributed by atoms with Crippen molar-refractivity contribution in [1.29, 1.82) is 0 Å². The maximum absolute atomic E-state index is 4.19. The van der Waals surface area contributed by atoms with Gasteiger partial charge in [0.05, 0.1) is 0 Å². The van der Waals surface area contributed by atoms with Crippen LogP contribution in [0.3, 0.4) is 0 Å². The molecule has 0 saturated carbocycles. The quantitative estimate of drug-likeness (QED) is 0.414. The Bertz CT molecular complexity index is 644. The largest absolute Gasteiger partial charge is 0.389 e. The summed E-state index contributed by atoms with van der Waals surface area (Å²) in [7, 11) is 0. The van der Waals surface area contributed by atoms with Gasteiger partial charge in [0.25, 0.3) is 0 Å². The molecular formula is C23H34N2. The minimum atomic E-state index is 0.919. The van der Waals surface area contributed by atoms with Crippen molar-refractivity contribution in [3.8, 4) is 0 Å². The molecule has 1 rings (SSSR count). The number of hydrogen-bond donors (Lipinski definition) is 2. The molecular weight excluding hydrogens is 304 g/mol. The van der Waals surface area contributed by atoms with E-state index in [4.69, 9.17) is 0 Å². The minimum Gasteiger partial charge on any atom is -0.389 e. The molecule has 0 amide bonds. The number of hydrogen-bond acceptors (Lipinski definition) is 2. The van der Waals surface area contributed by atoms with Gasteiger partial charge in [0, 0.05) is 24.5 Å². The molecule has 1 aromatic carbocycles. The number of allylic oxidation sites excluding steroid dienone is 5. The van der Waals surface area contributed by atoms with Crippen LogP contribution in [0.15, 0.2) is 54.3 Å². The molecule has 0 bridgehead atoms. The van der Waals surface area contributed by atoms with Gasteiger partial charge >= 0.3 is 0 Å². The van der Waals surface area contributed by atoms with E-state index in [1.807, 2.05) is 0 Å². The van der Waals surface area contributed by atoms with E-state index in [1.165, 1.54) is 22.4 Å². The highest BCUT2D eigenvalue weighted by Gasteiger charge is 2.01. The predicted octanol–water partition coefficient (Wildman–Crippen LogP) is 5.83. The summed E-state index contributed by atoms with van der Waals surface area (Å²) in [6, 6.07) is 6.49. The molecule has 0 unspecified atom stereocenters. The molecule has 0 fully saturated rings. The summed E-state index contributed by atoms with van der Waals surface area (Å²) >= 11 is 0. The van der Waals surface area contributed by atoms with E-state index in [9.17, 15) is 0 Å². The minimum absolute atomic E-state index is 0.919. The summed E-state index contributed by atoms with van der Waals surface area (Å²) in [5, 5.41) is 6.86. The molecule has 2 nitrogen and oxygen atoms in total. The van der Waals surface area contributed by atoms with Crippen LogP contribution in [0.5, 0.6) is 0 Å². The molecule has 1 aromatic rings. The lowest BCUT2D eigenvalue weighted by Gasteiger charge is -2.12. The summed E-state index contributed by atoms with van der Waals surface area (Å²) in [4.78, 5) is 0. The van der Waals surface area contributed by atoms with Crippen LogP contribution in [0.1, 0.15) is 57.2 Å². The highest BCUT2D eigenvalue weighted by Crippen LogP contribution is 2.17. The predicted molar refractivity (Wildman–Crippen MR) is 113 cm³/mol. The number of benzene rings is 1. The van der Waals surface area contributed by atoms with E-state index in [0.717, 1.165) is 37.2 Å². The van der Waals surface area contributed by atoms with Gasteiger partial charge in [0.1, 0.15) is 0 Å². The fraction of sp³-hybridized carbons (Fsp3) is 0.391. The van der Waals surface area contributed by atoms with Crippen LogP contribution in [0, 0.1) is 6.92 Å². The molecule has 0 aromatic heterocycles. The Kier molecular flexibility index (Phi) is 9.46. The summed E-state index contributed by atoms with van der Waals surface area (Å²) in [6.07, 6.45) is 10.7. The lowest BCUT2D eigenvalue weighted by Crippen LogP contribution is -2.20. The van der Waals surface area contributed by atoms with Crippen LogP contribution in [0.2, 0.25) is 0 Å². The van der Waals surface area contributed by atoms with Crippen molar-refractivity contribution < 1.29 is 0 Å². The summed E-state index contributed by atoms with van der Waals surface area (Å²) in [5.74, 6) is 0. The third-order valence-electron chi connectivity index (χ3n) is 3.94. The van der Waals surface area contributed by atoms with Gasteiger partial charge in [-0.3, -0.25) is 0 Å². The van der Waals surface area contributed by atoms with E-state index in [1.54, 1.807) is 0 Å². The third kappa shape index (κ3) is 8.44. The Labute approximate surface area is 154 Å². The van der Waals surface area contributed by atoms with Gasteiger partial charge in [-0.05, 0) is 63.3 Å². The Morgan fingerprint density at radius 1 is 1.12 bits per heavy atom. The molecule has 0 saturated heterocycles. The van der Waals surface area contributed by atoms with Gasteiger partial charge in [-0.15, -0.1) is 0 Å². The molecule has 25 heavy (non-hydrogen) atoms. The highest BCUT2D eigenvalue weighted by molar-refractivity contribution is 5.67.